The van der Waals surface area contributed by atoms with E-state index in [4.69, 9.17) is 4.98 Å². The number of H-pyrrole nitrogens is 1. The van der Waals surface area contributed by atoms with Crippen LogP contribution in [0.2, 0.25) is 0 Å². The molecule has 4 aromatic rings. The van der Waals surface area contributed by atoms with Crippen LogP contribution in [-0.4, -0.2) is 56.0 Å². The number of sulfonamides is 1. The van der Waals surface area contributed by atoms with Gasteiger partial charge in [-0.2, -0.15) is 9.40 Å². The van der Waals surface area contributed by atoms with E-state index in [0.29, 0.717) is 11.6 Å². The number of nitrogens with zero attached hydrogens (tertiary/aromatic N) is 5. The number of aromatic nitrogens is 5. The van der Waals surface area contributed by atoms with Gasteiger partial charge >= 0.3 is 0 Å². The number of fused-ring (bicyclic) bond motifs is 3. The van der Waals surface area contributed by atoms with E-state index in [1.807, 2.05) is 31.2 Å². The highest BCUT2D eigenvalue weighted by molar-refractivity contribution is 7.89. The van der Waals surface area contributed by atoms with E-state index in [2.05, 4.69) is 30.8 Å². The molecule has 0 spiro atoms. The fourth-order valence-corrected chi connectivity index (χ4v) is 7.38. The molecule has 10 nitrogen and oxygen atoms in total. The fourth-order valence-electron chi connectivity index (χ4n) is 5.53. The first kappa shape index (κ1) is 22.9. The molecule has 2 aliphatic rings. The van der Waals surface area contributed by atoms with Crippen molar-refractivity contribution in [2.24, 2.45) is 0 Å². The maximum atomic E-state index is 13.5. The third kappa shape index (κ3) is 4.28. The van der Waals surface area contributed by atoms with Crippen LogP contribution < -0.4 is 10.6 Å². The van der Waals surface area contributed by atoms with Crippen molar-refractivity contribution >= 4 is 38.4 Å². The summed E-state index contributed by atoms with van der Waals surface area (Å²) in [5.41, 5.74) is 1.77. The standard InChI is InChI=1S/C25H28N8O2S/c1-16-11-24(32-31-16)29-23-14-22-21(8-4-10-27-22)25(30-23)28-17-12-18-5-2-6-19(13-17)33(18)36(34,35)20-7-3-9-26-15-20/h3-4,7-11,14-15,17-19H,2,5-6,12-13H2,1H3,(H3,28,29,30,31,32)/t17?,18-,19+. The van der Waals surface area contributed by atoms with Crippen LogP contribution in [0.25, 0.3) is 10.9 Å². The molecule has 0 amide bonds. The Kier molecular flexibility index (Phi) is 5.81. The summed E-state index contributed by atoms with van der Waals surface area (Å²) < 4.78 is 28.7. The molecule has 2 fully saturated rings. The molecular formula is C25H28N8O2S. The van der Waals surface area contributed by atoms with Gasteiger partial charge in [0.1, 0.15) is 16.5 Å². The predicted molar refractivity (Wildman–Crippen MR) is 137 cm³/mol. The molecule has 1 unspecified atom stereocenters. The van der Waals surface area contributed by atoms with Crippen molar-refractivity contribution in [3.05, 3.63) is 60.7 Å². The molecule has 11 heteroatoms. The van der Waals surface area contributed by atoms with E-state index in [0.717, 1.165) is 54.5 Å². The molecule has 0 aliphatic carbocycles. The van der Waals surface area contributed by atoms with Crippen molar-refractivity contribution in [2.75, 3.05) is 10.6 Å². The molecule has 36 heavy (non-hydrogen) atoms. The number of pyridine rings is 3. The average molecular weight is 505 g/mol. The summed E-state index contributed by atoms with van der Waals surface area (Å²) >= 11 is 0. The van der Waals surface area contributed by atoms with Gasteiger partial charge in [0.2, 0.25) is 10.0 Å². The maximum absolute atomic E-state index is 13.5. The van der Waals surface area contributed by atoms with Crippen LogP contribution in [0.3, 0.4) is 0 Å². The lowest BCUT2D eigenvalue weighted by Gasteiger charge is -2.47. The van der Waals surface area contributed by atoms with E-state index in [1.54, 1.807) is 28.8 Å². The molecule has 6 heterocycles. The fraction of sp³-hybridized carbons (Fsp3) is 0.360. The van der Waals surface area contributed by atoms with Gasteiger partial charge in [-0.05, 0) is 56.9 Å². The topological polar surface area (TPSA) is 129 Å². The zero-order valence-electron chi connectivity index (χ0n) is 19.9. The highest BCUT2D eigenvalue weighted by Gasteiger charge is 2.45. The Balaban J connectivity index is 1.28. The number of aromatic amines is 1. The molecule has 4 aromatic heterocycles. The molecule has 186 valence electrons. The van der Waals surface area contributed by atoms with Gasteiger partial charge in [-0.1, -0.05) is 6.42 Å². The Morgan fingerprint density at radius 3 is 2.58 bits per heavy atom. The van der Waals surface area contributed by atoms with Gasteiger partial charge in [-0.25, -0.2) is 13.4 Å². The second-order valence-electron chi connectivity index (χ2n) is 9.56. The van der Waals surface area contributed by atoms with Crippen LogP contribution >= 0.6 is 0 Å². The summed E-state index contributed by atoms with van der Waals surface area (Å²) in [5.74, 6) is 2.07. The van der Waals surface area contributed by atoms with E-state index in [9.17, 15) is 8.42 Å². The molecule has 3 N–H and O–H groups in total. The normalized spacial score (nSPS) is 22.4. The van der Waals surface area contributed by atoms with Crippen LogP contribution in [0.5, 0.6) is 0 Å². The van der Waals surface area contributed by atoms with Gasteiger partial charge in [0.05, 0.1) is 5.52 Å². The van der Waals surface area contributed by atoms with Crippen LogP contribution in [0, 0.1) is 6.92 Å². The summed E-state index contributed by atoms with van der Waals surface area (Å²) in [6, 6.07) is 11.0. The minimum absolute atomic E-state index is 0.0575. The Hall–Kier alpha value is -3.57. The highest BCUT2D eigenvalue weighted by atomic mass is 32.2. The largest absolute Gasteiger partial charge is 0.367 e. The summed E-state index contributed by atoms with van der Waals surface area (Å²) in [5, 5.41) is 15.0. The Morgan fingerprint density at radius 2 is 1.86 bits per heavy atom. The number of piperidine rings is 2. The number of nitrogens with one attached hydrogen (secondary N) is 3. The van der Waals surface area contributed by atoms with Crippen molar-refractivity contribution in [3.63, 3.8) is 0 Å². The molecule has 0 saturated carbocycles. The number of aryl methyl sites for hydroxylation is 1. The van der Waals surface area contributed by atoms with Crippen molar-refractivity contribution < 1.29 is 8.42 Å². The second kappa shape index (κ2) is 9.14. The minimum atomic E-state index is -3.59. The minimum Gasteiger partial charge on any atom is -0.367 e. The van der Waals surface area contributed by atoms with Gasteiger partial charge in [0.15, 0.2) is 5.82 Å². The molecule has 0 aromatic carbocycles. The van der Waals surface area contributed by atoms with Gasteiger partial charge in [0.25, 0.3) is 0 Å². The lowest BCUT2D eigenvalue weighted by Crippen LogP contribution is -2.56. The van der Waals surface area contributed by atoms with E-state index >= 15 is 0 Å². The van der Waals surface area contributed by atoms with Crippen molar-refractivity contribution in [1.82, 2.24) is 29.5 Å². The van der Waals surface area contributed by atoms with Crippen LogP contribution in [-0.2, 0) is 10.0 Å². The lowest BCUT2D eigenvalue weighted by atomic mass is 9.84. The zero-order chi connectivity index (χ0) is 24.7. The Labute approximate surface area is 209 Å². The van der Waals surface area contributed by atoms with E-state index in [-0.39, 0.29) is 23.0 Å². The first-order valence-electron chi connectivity index (χ1n) is 12.2. The highest BCUT2D eigenvalue weighted by Crippen LogP contribution is 2.39. The molecule has 2 saturated heterocycles. The third-order valence-corrected chi connectivity index (χ3v) is 9.01. The van der Waals surface area contributed by atoms with E-state index in [1.165, 1.54) is 6.20 Å². The molecule has 2 aliphatic heterocycles. The molecular weight excluding hydrogens is 476 g/mol. The van der Waals surface area contributed by atoms with Crippen molar-refractivity contribution in [1.29, 1.82) is 0 Å². The van der Waals surface area contributed by atoms with Crippen molar-refractivity contribution in [2.45, 2.75) is 62.0 Å². The maximum Gasteiger partial charge on any atom is 0.245 e. The first-order chi connectivity index (χ1) is 17.5. The summed E-state index contributed by atoms with van der Waals surface area (Å²) in [7, 11) is -3.59. The van der Waals surface area contributed by atoms with Crippen LogP contribution in [0.1, 0.15) is 37.8 Å². The molecule has 0 radical (unpaired) electrons. The average Bonchev–Trinajstić information content (AvgIpc) is 3.28. The quantitative estimate of drug-likeness (QED) is 0.360. The predicted octanol–water partition coefficient (Wildman–Crippen LogP) is 3.99. The summed E-state index contributed by atoms with van der Waals surface area (Å²) in [6.07, 6.45) is 8.98. The van der Waals surface area contributed by atoms with Gasteiger partial charge < -0.3 is 10.6 Å². The smallest absolute Gasteiger partial charge is 0.245 e. The first-order valence-corrected chi connectivity index (χ1v) is 13.7. The van der Waals surface area contributed by atoms with Gasteiger partial charge in [0, 0.05) is 59.9 Å². The molecule has 3 atom stereocenters. The second-order valence-corrected chi connectivity index (χ2v) is 11.4. The third-order valence-electron chi connectivity index (χ3n) is 7.02. The van der Waals surface area contributed by atoms with Gasteiger partial charge in [-0.3, -0.25) is 15.1 Å². The molecule has 2 bridgehead atoms. The Bertz CT molecular complexity index is 1480. The summed E-state index contributed by atoms with van der Waals surface area (Å²) in [4.78, 5) is 13.7. The monoisotopic (exact) mass is 504 g/mol. The Morgan fingerprint density at radius 1 is 1.06 bits per heavy atom. The number of hydrogen-bond donors (Lipinski definition) is 3. The van der Waals surface area contributed by atoms with E-state index < -0.39 is 10.0 Å². The number of hydrogen-bond acceptors (Lipinski definition) is 8. The number of rotatable bonds is 6. The summed E-state index contributed by atoms with van der Waals surface area (Å²) in [6.45, 7) is 1.94. The lowest BCUT2D eigenvalue weighted by molar-refractivity contribution is 0.116. The van der Waals surface area contributed by atoms with Crippen molar-refractivity contribution in [3.8, 4) is 0 Å². The zero-order valence-corrected chi connectivity index (χ0v) is 20.7. The van der Waals surface area contributed by atoms with Crippen LogP contribution in [0.15, 0.2) is 59.9 Å². The SMILES string of the molecule is Cc1cc(Nc2cc3ncccc3c(NC3C[C@H]4CCC[C@@H](C3)N4S(=O)(=O)c3cccnc3)n2)n[nH]1. The number of anilines is 3. The molecule has 6 rings (SSSR count). The van der Waals surface area contributed by atoms with Crippen LogP contribution in [0.4, 0.5) is 17.5 Å². The van der Waals surface area contributed by atoms with Gasteiger partial charge in [-0.15, -0.1) is 0 Å².